The first-order chi connectivity index (χ1) is 7.97. The lowest BCUT2D eigenvalue weighted by Crippen LogP contribution is -2.52. The van der Waals surface area contributed by atoms with Gasteiger partial charge in [-0.3, -0.25) is 4.79 Å². The van der Waals surface area contributed by atoms with Crippen molar-refractivity contribution in [3.05, 3.63) is 0 Å². The normalized spacial score (nSPS) is 13.9. The molecule has 1 atom stereocenters. The molecule has 0 bridgehead atoms. The summed E-state index contributed by atoms with van der Waals surface area (Å²) >= 11 is 0. The van der Waals surface area contributed by atoms with Gasteiger partial charge in [0.05, 0.1) is 0 Å². The molecule has 106 valence electrons. The average Bonchev–Trinajstić information content (AvgIpc) is 2.09. The van der Waals surface area contributed by atoms with Crippen molar-refractivity contribution in [3.8, 4) is 0 Å². The summed E-state index contributed by atoms with van der Waals surface area (Å²) in [7, 11) is 1.43. The van der Waals surface area contributed by atoms with Gasteiger partial charge >= 0.3 is 5.97 Å². The highest BCUT2D eigenvalue weighted by Crippen LogP contribution is 2.22. The van der Waals surface area contributed by atoms with Crippen molar-refractivity contribution in [3.63, 3.8) is 0 Å². The van der Waals surface area contributed by atoms with Crippen LogP contribution in [0.3, 0.4) is 0 Å². The number of carbonyl (C=O) groups excluding carboxylic acids is 2. The van der Waals surface area contributed by atoms with E-state index in [2.05, 4.69) is 5.32 Å². The number of esters is 1. The van der Waals surface area contributed by atoms with Gasteiger partial charge in [-0.15, -0.1) is 0 Å². The highest BCUT2D eigenvalue weighted by molar-refractivity contribution is 5.85. The van der Waals surface area contributed by atoms with Gasteiger partial charge in [0, 0.05) is 7.11 Å². The van der Waals surface area contributed by atoms with Crippen molar-refractivity contribution in [2.75, 3.05) is 13.7 Å². The highest BCUT2D eigenvalue weighted by atomic mass is 16.6. The molecule has 0 saturated heterocycles. The maximum Gasteiger partial charge on any atom is 0.329 e. The van der Waals surface area contributed by atoms with Crippen molar-refractivity contribution < 1.29 is 19.1 Å². The molecule has 0 aromatic rings. The number of carbonyl (C=O) groups is 2. The zero-order valence-electron chi connectivity index (χ0n) is 12.4. The van der Waals surface area contributed by atoms with E-state index in [4.69, 9.17) is 9.47 Å². The van der Waals surface area contributed by atoms with Crippen LogP contribution in [0.4, 0.5) is 0 Å². The minimum absolute atomic E-state index is 0.0740. The lowest BCUT2D eigenvalue weighted by atomic mass is 9.86. The van der Waals surface area contributed by atoms with Gasteiger partial charge in [-0.2, -0.15) is 0 Å². The Kier molecular flexibility index (Phi) is 5.80. The minimum atomic E-state index is -0.695. The topological polar surface area (TPSA) is 64.6 Å². The molecule has 0 aliphatic heterocycles. The fourth-order valence-electron chi connectivity index (χ4n) is 1.32. The molecule has 0 saturated carbocycles. The second-order valence-electron chi connectivity index (χ2n) is 6.33. The van der Waals surface area contributed by atoms with Crippen LogP contribution in [0.15, 0.2) is 0 Å². The van der Waals surface area contributed by atoms with Crippen LogP contribution in [-0.2, 0) is 19.1 Å². The van der Waals surface area contributed by atoms with E-state index in [1.54, 1.807) is 20.8 Å². The second kappa shape index (κ2) is 6.18. The predicted molar refractivity (Wildman–Crippen MR) is 69.1 cm³/mol. The van der Waals surface area contributed by atoms with Gasteiger partial charge in [-0.1, -0.05) is 20.8 Å². The first-order valence-corrected chi connectivity index (χ1v) is 5.98. The van der Waals surface area contributed by atoms with Crippen LogP contribution in [0.1, 0.15) is 41.5 Å². The number of nitrogens with one attached hydrogen (secondary N) is 1. The minimum Gasteiger partial charge on any atom is -0.458 e. The smallest absolute Gasteiger partial charge is 0.329 e. The van der Waals surface area contributed by atoms with E-state index in [1.807, 2.05) is 20.8 Å². The van der Waals surface area contributed by atoms with Crippen LogP contribution in [0.5, 0.6) is 0 Å². The van der Waals surface area contributed by atoms with E-state index in [0.717, 1.165) is 0 Å². The Morgan fingerprint density at radius 3 is 1.94 bits per heavy atom. The van der Waals surface area contributed by atoms with Crippen LogP contribution < -0.4 is 5.32 Å². The molecule has 0 aromatic heterocycles. The van der Waals surface area contributed by atoms with E-state index < -0.39 is 23.0 Å². The molecule has 18 heavy (non-hydrogen) atoms. The third kappa shape index (κ3) is 6.59. The van der Waals surface area contributed by atoms with Crippen molar-refractivity contribution in [1.82, 2.24) is 5.32 Å². The van der Waals surface area contributed by atoms with Crippen LogP contribution in [-0.4, -0.2) is 37.2 Å². The zero-order valence-corrected chi connectivity index (χ0v) is 12.4. The first kappa shape index (κ1) is 16.9. The number of ether oxygens (including phenoxy) is 2. The molecule has 0 unspecified atom stereocenters. The van der Waals surface area contributed by atoms with Gasteiger partial charge < -0.3 is 14.8 Å². The van der Waals surface area contributed by atoms with Crippen LogP contribution in [0.25, 0.3) is 0 Å². The van der Waals surface area contributed by atoms with Gasteiger partial charge in [0.25, 0.3) is 0 Å². The molecule has 5 heteroatoms. The van der Waals surface area contributed by atoms with Gasteiger partial charge in [-0.25, -0.2) is 4.79 Å². The summed E-state index contributed by atoms with van der Waals surface area (Å²) in [6.07, 6.45) is 0. The fraction of sp³-hybridized carbons (Fsp3) is 0.846. The summed E-state index contributed by atoms with van der Waals surface area (Å²) in [6, 6.07) is -0.695. The van der Waals surface area contributed by atoms with Gasteiger partial charge in [0.1, 0.15) is 18.2 Å². The largest absolute Gasteiger partial charge is 0.458 e. The molecular weight excluding hydrogens is 234 g/mol. The van der Waals surface area contributed by atoms with E-state index in [0.29, 0.717) is 0 Å². The summed E-state index contributed by atoms with van der Waals surface area (Å²) in [4.78, 5) is 23.6. The Bertz CT molecular complexity index is 299. The summed E-state index contributed by atoms with van der Waals surface area (Å²) in [5, 5.41) is 2.64. The Morgan fingerprint density at radius 1 is 1.11 bits per heavy atom. The molecular formula is C13H25NO4. The second-order valence-corrected chi connectivity index (χ2v) is 6.33. The number of hydrogen-bond donors (Lipinski definition) is 1. The molecule has 1 N–H and O–H groups in total. The van der Waals surface area contributed by atoms with Crippen LogP contribution >= 0.6 is 0 Å². The van der Waals surface area contributed by atoms with E-state index in [1.165, 1.54) is 7.11 Å². The van der Waals surface area contributed by atoms with E-state index in [-0.39, 0.29) is 12.5 Å². The maximum atomic E-state index is 12.1. The Hall–Kier alpha value is -1.10. The molecule has 0 aromatic carbocycles. The molecule has 0 radical (unpaired) electrons. The third-order valence-electron chi connectivity index (χ3n) is 2.09. The van der Waals surface area contributed by atoms with Crippen LogP contribution in [0.2, 0.25) is 0 Å². The highest BCUT2D eigenvalue weighted by Gasteiger charge is 2.35. The van der Waals surface area contributed by atoms with E-state index in [9.17, 15) is 9.59 Å². The Labute approximate surface area is 109 Å². The van der Waals surface area contributed by atoms with Gasteiger partial charge in [0.15, 0.2) is 0 Å². The van der Waals surface area contributed by atoms with Crippen molar-refractivity contribution in [1.29, 1.82) is 0 Å². The van der Waals surface area contributed by atoms with E-state index >= 15 is 0 Å². The third-order valence-corrected chi connectivity index (χ3v) is 2.09. The maximum absolute atomic E-state index is 12.1. The average molecular weight is 259 g/mol. The molecule has 0 aliphatic carbocycles. The molecule has 1 amide bonds. The molecule has 5 nitrogen and oxygen atoms in total. The number of hydrogen-bond acceptors (Lipinski definition) is 4. The van der Waals surface area contributed by atoms with Gasteiger partial charge in [-0.05, 0) is 26.2 Å². The monoisotopic (exact) mass is 259 g/mol. The molecule has 0 heterocycles. The first-order valence-electron chi connectivity index (χ1n) is 5.98. The lowest BCUT2D eigenvalue weighted by molar-refractivity contribution is -0.162. The Balaban J connectivity index is 4.80. The van der Waals surface area contributed by atoms with Crippen LogP contribution in [0, 0.1) is 5.41 Å². The molecule has 0 aliphatic rings. The fourth-order valence-corrected chi connectivity index (χ4v) is 1.32. The summed E-state index contributed by atoms with van der Waals surface area (Å²) < 4.78 is 10.0. The summed E-state index contributed by atoms with van der Waals surface area (Å²) in [5.74, 6) is -0.761. The SMILES string of the molecule is COCC(=O)N[C@H](C(=O)OC(C)(C)C)C(C)(C)C. The lowest BCUT2D eigenvalue weighted by Gasteiger charge is -2.32. The quantitative estimate of drug-likeness (QED) is 0.777. The zero-order chi connectivity index (χ0) is 14.6. The Morgan fingerprint density at radius 2 is 1.61 bits per heavy atom. The number of amides is 1. The number of methoxy groups -OCH3 is 1. The van der Waals surface area contributed by atoms with Crippen molar-refractivity contribution in [2.45, 2.75) is 53.2 Å². The predicted octanol–water partition coefficient (Wildman–Crippen LogP) is 1.51. The summed E-state index contributed by atoms with van der Waals surface area (Å²) in [5.41, 5.74) is -1.00. The molecule has 0 spiro atoms. The van der Waals surface area contributed by atoms with Crippen molar-refractivity contribution in [2.24, 2.45) is 5.41 Å². The van der Waals surface area contributed by atoms with Gasteiger partial charge in [0.2, 0.25) is 5.91 Å². The standard InChI is InChI=1S/C13H25NO4/c1-12(2,3)10(14-9(15)8-17-7)11(16)18-13(4,5)6/h10H,8H2,1-7H3,(H,14,15)/t10-/m1/s1. The molecule has 0 rings (SSSR count). The number of rotatable bonds is 4. The summed E-state index contributed by atoms with van der Waals surface area (Å²) in [6.45, 7) is 10.9. The van der Waals surface area contributed by atoms with Crippen molar-refractivity contribution >= 4 is 11.9 Å². The molecule has 0 fully saturated rings.